The summed E-state index contributed by atoms with van der Waals surface area (Å²) >= 11 is 3.42. The Morgan fingerprint density at radius 3 is 2.08 bits per heavy atom. The predicted octanol–water partition coefficient (Wildman–Crippen LogP) is 7.05. The van der Waals surface area contributed by atoms with Gasteiger partial charge in [-0.3, -0.25) is 0 Å². The van der Waals surface area contributed by atoms with Gasteiger partial charge in [0.25, 0.3) is 0 Å². The molecule has 1 heterocycles. The molecular weight excluding hydrogens is 735 g/mol. The topological polar surface area (TPSA) is 0 Å². The van der Waals surface area contributed by atoms with Gasteiger partial charge in [-0.25, -0.2) is 0 Å². The van der Waals surface area contributed by atoms with Crippen LogP contribution < -0.4 is 24.8 Å². The number of hydrogen-bond donors (Lipinski definition) is 0. The van der Waals surface area contributed by atoms with E-state index in [1.54, 1.807) is 66.9 Å². The van der Waals surface area contributed by atoms with Gasteiger partial charge < -0.3 is 24.8 Å². The summed E-state index contributed by atoms with van der Waals surface area (Å²) in [6.45, 7) is 21.2. The summed E-state index contributed by atoms with van der Waals surface area (Å²) in [6.07, 6.45) is 15.0. The molecule has 0 saturated heterocycles. The third-order valence-corrected chi connectivity index (χ3v) is 13.9. The molecule has 1 saturated carbocycles. The van der Waals surface area contributed by atoms with E-state index >= 15 is 0 Å². The minimum absolute atomic E-state index is 0. The van der Waals surface area contributed by atoms with E-state index < -0.39 is 0 Å². The standard InChI is InChI=1S/C29H33.C10H9S.C6H10.2ClH.Zr/c1-14-13-24-25(18(5)15(14)2)21(8)28-27-20(7)17(4)16(3)19(6)26(27)22-11-9-10-12-23(22)29(24)28;1-8-2-3-9(6-8)10-4-5-11-7-10;1-2-4-6-5-3-1;;;/h9-13,16-17,19,21H,1-8H3;2-5,7-8H,1H3;1-5H2;2*1H;/q2*-1;;;;+2/p-2. The van der Waals surface area contributed by atoms with Crippen LogP contribution in [0.2, 0.25) is 0 Å². The quantitative estimate of drug-likeness (QED) is 0.182. The van der Waals surface area contributed by atoms with Gasteiger partial charge in [0.1, 0.15) is 0 Å². The Balaban J connectivity index is 0.000000222. The van der Waals surface area contributed by atoms with Gasteiger partial charge in [-0.2, -0.15) is 40.5 Å². The number of allylic oxidation sites excluding steroid dienone is 4. The van der Waals surface area contributed by atoms with E-state index in [0.717, 1.165) is 0 Å². The van der Waals surface area contributed by atoms with Crippen molar-refractivity contribution in [2.45, 2.75) is 106 Å². The second-order valence-electron chi connectivity index (χ2n) is 14.8. The molecule has 5 unspecified atom stereocenters. The minimum atomic E-state index is 0. The van der Waals surface area contributed by atoms with E-state index in [9.17, 15) is 0 Å². The van der Waals surface area contributed by atoms with Crippen molar-refractivity contribution in [3.63, 3.8) is 0 Å². The van der Waals surface area contributed by atoms with Crippen molar-refractivity contribution < 1.29 is 49.0 Å². The van der Waals surface area contributed by atoms with Crippen LogP contribution in [0.4, 0.5) is 0 Å². The van der Waals surface area contributed by atoms with Gasteiger partial charge in [-0.1, -0.05) is 118 Å². The molecule has 4 heteroatoms. The van der Waals surface area contributed by atoms with E-state index in [2.05, 4.69) is 128 Å². The molecule has 1 fully saturated rings. The van der Waals surface area contributed by atoms with Crippen LogP contribution in [0.5, 0.6) is 0 Å². The molecule has 8 rings (SSSR count). The van der Waals surface area contributed by atoms with Gasteiger partial charge in [0.2, 0.25) is 0 Å². The number of hydrogen-bond acceptors (Lipinski definition) is 1. The van der Waals surface area contributed by atoms with Gasteiger partial charge in [-0.05, 0) is 65.3 Å². The van der Waals surface area contributed by atoms with Crippen LogP contribution in [-0.4, -0.2) is 3.21 Å². The first-order chi connectivity index (χ1) is 22.5. The summed E-state index contributed by atoms with van der Waals surface area (Å²) in [6, 6.07) is 13.8. The molecule has 4 aromatic rings. The van der Waals surface area contributed by atoms with Gasteiger partial charge in [0, 0.05) is 0 Å². The first kappa shape index (κ1) is 40.1. The van der Waals surface area contributed by atoms with Crippen LogP contribution >= 0.6 is 11.3 Å². The molecule has 0 nitrogen and oxygen atoms in total. The van der Waals surface area contributed by atoms with Crippen molar-refractivity contribution >= 4 is 30.9 Å². The van der Waals surface area contributed by atoms with Crippen LogP contribution in [0, 0.1) is 50.5 Å². The SMILES string of the molecule is CC1[C-]=C(c2ccsc2)C=C1.Cc1cc2c(c(C)c1C)C(C)c1c3c(c4ccccc4c1-2)C(C)C(C)C(C)[C-]3C.[Cl-].[Cl-].[Zr+2]=[C]1CCCCC1. The molecule has 5 atom stereocenters. The predicted molar refractivity (Wildman–Crippen MR) is 203 cm³/mol. The number of rotatable bonds is 1. The number of thiophene rings is 1. The molecule has 4 aliphatic rings. The molecule has 49 heavy (non-hydrogen) atoms. The van der Waals surface area contributed by atoms with Crippen LogP contribution in [0.3, 0.4) is 0 Å². The van der Waals surface area contributed by atoms with Crippen molar-refractivity contribution in [2.24, 2.45) is 17.8 Å². The van der Waals surface area contributed by atoms with E-state index in [4.69, 9.17) is 0 Å². The molecule has 0 aliphatic heterocycles. The maximum absolute atomic E-state index is 3.37. The Morgan fingerprint density at radius 1 is 0.837 bits per heavy atom. The Labute approximate surface area is 328 Å². The first-order valence-electron chi connectivity index (χ1n) is 17.9. The Bertz CT molecular complexity index is 1860. The Kier molecular flexibility index (Phi) is 13.7. The van der Waals surface area contributed by atoms with Gasteiger partial charge in [0.15, 0.2) is 0 Å². The zero-order valence-corrected chi connectivity index (χ0v) is 35.6. The van der Waals surface area contributed by atoms with Crippen LogP contribution in [0.25, 0.3) is 27.5 Å². The van der Waals surface area contributed by atoms with Crippen molar-refractivity contribution in [3.8, 4) is 11.1 Å². The van der Waals surface area contributed by atoms with Gasteiger partial charge in [0.05, 0.1) is 0 Å². The van der Waals surface area contributed by atoms with E-state index in [1.165, 1.54) is 81.8 Å². The summed E-state index contributed by atoms with van der Waals surface area (Å²) in [5.74, 6) is 4.43. The molecular formula is C45H52Cl2SZr-2. The molecule has 0 N–H and O–H groups in total. The first-order valence-corrected chi connectivity index (χ1v) is 20.1. The van der Waals surface area contributed by atoms with Crippen LogP contribution in [-0.2, 0) is 24.2 Å². The monoisotopic (exact) mass is 784 g/mol. The molecule has 258 valence electrons. The van der Waals surface area contributed by atoms with E-state index in [-0.39, 0.29) is 24.8 Å². The van der Waals surface area contributed by atoms with Gasteiger partial charge in [-0.15, -0.1) is 22.8 Å². The molecule has 0 bridgehead atoms. The van der Waals surface area contributed by atoms with Gasteiger partial charge >= 0.3 is 59.5 Å². The van der Waals surface area contributed by atoms with Crippen molar-refractivity contribution in [2.75, 3.05) is 0 Å². The molecule has 4 aliphatic carbocycles. The summed E-state index contributed by atoms with van der Waals surface area (Å²) in [5.41, 5.74) is 16.3. The molecule has 3 aromatic carbocycles. The third-order valence-electron chi connectivity index (χ3n) is 12.0. The van der Waals surface area contributed by atoms with E-state index in [0.29, 0.717) is 29.6 Å². The average molecular weight is 787 g/mol. The molecule has 0 amide bonds. The molecule has 0 radical (unpaired) electrons. The zero-order chi connectivity index (χ0) is 33.6. The number of benzene rings is 3. The van der Waals surface area contributed by atoms with Crippen molar-refractivity contribution in [1.82, 2.24) is 0 Å². The maximum atomic E-state index is 3.37. The Morgan fingerprint density at radius 2 is 1.51 bits per heavy atom. The average Bonchev–Trinajstić information content (AvgIpc) is 3.82. The fraction of sp³-hybridized carbons (Fsp3) is 0.422. The fourth-order valence-corrected chi connectivity index (χ4v) is 10.1. The van der Waals surface area contributed by atoms with Crippen LogP contribution in [0.15, 0.2) is 59.3 Å². The van der Waals surface area contributed by atoms with Crippen LogP contribution in [0.1, 0.15) is 130 Å². The summed E-state index contributed by atoms with van der Waals surface area (Å²) < 4.78 is 1.80. The van der Waals surface area contributed by atoms with Crippen molar-refractivity contribution in [3.05, 3.63) is 116 Å². The zero-order valence-electron chi connectivity index (χ0n) is 30.9. The number of aryl methyl sites for hydroxylation is 1. The Hall–Kier alpha value is -1.70. The summed E-state index contributed by atoms with van der Waals surface area (Å²) in [5, 5.41) is 7.18. The third kappa shape index (κ3) is 7.61. The fourth-order valence-electron chi connectivity index (χ4n) is 8.59. The van der Waals surface area contributed by atoms with Crippen molar-refractivity contribution in [1.29, 1.82) is 0 Å². The molecule has 1 aromatic heterocycles. The number of halogens is 2. The summed E-state index contributed by atoms with van der Waals surface area (Å²) in [7, 11) is 0. The normalized spacial score (nSPS) is 23.2. The second kappa shape index (κ2) is 16.8. The number of fused-ring (bicyclic) bond motifs is 8. The molecule has 0 spiro atoms. The van der Waals surface area contributed by atoms with E-state index in [1.807, 2.05) is 0 Å². The second-order valence-corrected chi connectivity index (χ2v) is 17.3. The summed E-state index contributed by atoms with van der Waals surface area (Å²) in [4.78, 5) is 0.